The molecule has 0 aromatic heterocycles. The molecule has 2 aromatic carbocycles. The molecule has 2 aliphatic rings. The van der Waals surface area contributed by atoms with Crippen LogP contribution in [0, 0.1) is 0 Å². The van der Waals surface area contributed by atoms with Crippen molar-refractivity contribution in [2.45, 2.75) is 37.3 Å². The van der Waals surface area contributed by atoms with E-state index in [4.69, 9.17) is 9.47 Å². The molecule has 0 saturated heterocycles. The van der Waals surface area contributed by atoms with Crippen molar-refractivity contribution in [2.24, 2.45) is 0 Å². The summed E-state index contributed by atoms with van der Waals surface area (Å²) in [5.41, 5.74) is 1.68. The number of amides is 1. The maximum absolute atomic E-state index is 13.2. The normalized spacial score (nSPS) is 21.2. The third-order valence-corrected chi connectivity index (χ3v) is 6.06. The molecule has 0 saturated carbocycles. The van der Waals surface area contributed by atoms with E-state index >= 15 is 0 Å². The monoisotopic (exact) mass is 445 g/mol. The van der Waals surface area contributed by atoms with Gasteiger partial charge in [0.1, 0.15) is 0 Å². The first-order valence-electron chi connectivity index (χ1n) is 10.2. The van der Waals surface area contributed by atoms with Gasteiger partial charge in [0.15, 0.2) is 17.3 Å². The van der Waals surface area contributed by atoms with Gasteiger partial charge in [0.25, 0.3) is 0 Å². The highest BCUT2D eigenvalue weighted by molar-refractivity contribution is 6.02. The lowest BCUT2D eigenvalue weighted by Gasteiger charge is -2.34. The van der Waals surface area contributed by atoms with Gasteiger partial charge in [-0.05, 0) is 47.7 Å². The molecule has 0 bridgehead atoms. The van der Waals surface area contributed by atoms with Gasteiger partial charge >= 0.3 is 6.18 Å². The van der Waals surface area contributed by atoms with Gasteiger partial charge in [0, 0.05) is 30.0 Å². The minimum atomic E-state index is -4.44. The van der Waals surface area contributed by atoms with E-state index in [1.165, 1.54) is 26.4 Å². The van der Waals surface area contributed by atoms with Crippen molar-refractivity contribution in [1.29, 1.82) is 0 Å². The molecule has 168 valence electrons. The van der Waals surface area contributed by atoms with Crippen LogP contribution in [0.2, 0.25) is 0 Å². The van der Waals surface area contributed by atoms with Crippen LogP contribution in [0.5, 0.6) is 11.5 Å². The van der Waals surface area contributed by atoms with Crippen molar-refractivity contribution in [3.8, 4) is 11.5 Å². The highest BCUT2D eigenvalue weighted by atomic mass is 19.4. The second-order valence-corrected chi connectivity index (χ2v) is 7.96. The molecule has 5 nitrogen and oxygen atoms in total. The molecule has 0 unspecified atom stereocenters. The van der Waals surface area contributed by atoms with Gasteiger partial charge in [-0.3, -0.25) is 9.59 Å². The van der Waals surface area contributed by atoms with E-state index in [0.29, 0.717) is 34.8 Å². The Bertz CT molecular complexity index is 1090. The summed E-state index contributed by atoms with van der Waals surface area (Å²) < 4.78 is 49.4. The van der Waals surface area contributed by atoms with E-state index in [9.17, 15) is 22.8 Å². The fraction of sp³-hybridized carbons (Fsp3) is 0.333. The summed E-state index contributed by atoms with van der Waals surface area (Å²) in [4.78, 5) is 25.5. The van der Waals surface area contributed by atoms with Gasteiger partial charge in [0.2, 0.25) is 5.91 Å². The zero-order valence-corrected chi connectivity index (χ0v) is 17.6. The molecule has 1 N–H and O–H groups in total. The molecule has 8 heteroatoms. The topological polar surface area (TPSA) is 64.6 Å². The van der Waals surface area contributed by atoms with Crippen LogP contribution < -0.4 is 14.8 Å². The van der Waals surface area contributed by atoms with Crippen molar-refractivity contribution in [3.05, 3.63) is 70.4 Å². The molecule has 0 spiro atoms. The van der Waals surface area contributed by atoms with Crippen LogP contribution in [0.25, 0.3) is 0 Å². The van der Waals surface area contributed by atoms with E-state index in [2.05, 4.69) is 5.32 Å². The lowest BCUT2D eigenvalue weighted by molar-refractivity contribution is -0.137. The van der Waals surface area contributed by atoms with Gasteiger partial charge in [-0.15, -0.1) is 0 Å². The van der Waals surface area contributed by atoms with E-state index < -0.39 is 17.7 Å². The van der Waals surface area contributed by atoms with Crippen LogP contribution in [0.4, 0.5) is 13.2 Å². The van der Waals surface area contributed by atoms with Crippen LogP contribution in [-0.2, 0) is 15.8 Å². The van der Waals surface area contributed by atoms with Crippen LogP contribution in [-0.4, -0.2) is 25.9 Å². The first kappa shape index (κ1) is 21.9. The number of ether oxygens (including phenoxy) is 2. The lowest BCUT2D eigenvalue weighted by Crippen LogP contribution is -2.38. The number of methoxy groups -OCH3 is 2. The number of alkyl halides is 3. The number of hydrogen-bond donors (Lipinski definition) is 1. The quantitative estimate of drug-likeness (QED) is 0.739. The maximum atomic E-state index is 13.2. The summed E-state index contributed by atoms with van der Waals surface area (Å²) in [5, 5.41) is 2.82. The summed E-state index contributed by atoms with van der Waals surface area (Å²) in [6, 6.07) is 10.1. The standard InChI is InChI=1S/C24H22F3NO4/c1-31-20-8-5-14(11-21(20)32-2)15-9-18-23(19(29)10-15)17(12-22(30)28-18)13-3-6-16(7-4-13)24(25,26)27/h3-8,11,15,17H,9-10,12H2,1-2H3,(H,28,30)/t15-,17-/m0/s1. The van der Waals surface area contributed by atoms with Crippen molar-refractivity contribution in [2.75, 3.05) is 14.2 Å². The van der Waals surface area contributed by atoms with E-state index in [0.717, 1.165) is 17.7 Å². The number of benzene rings is 2. The van der Waals surface area contributed by atoms with Crippen molar-refractivity contribution in [1.82, 2.24) is 5.32 Å². The summed E-state index contributed by atoms with van der Waals surface area (Å²) in [6.45, 7) is 0. The summed E-state index contributed by atoms with van der Waals surface area (Å²) in [5.74, 6) is 0.0390. The third kappa shape index (κ3) is 4.09. The third-order valence-electron chi connectivity index (χ3n) is 6.06. The Morgan fingerprint density at radius 2 is 1.53 bits per heavy atom. The molecule has 1 aliphatic carbocycles. The Balaban J connectivity index is 1.66. The highest BCUT2D eigenvalue weighted by Gasteiger charge is 2.39. The number of halogens is 3. The molecular formula is C24H22F3NO4. The zero-order chi connectivity index (χ0) is 23.0. The van der Waals surface area contributed by atoms with Crippen molar-refractivity contribution < 1.29 is 32.2 Å². The van der Waals surface area contributed by atoms with Crippen LogP contribution in [0.3, 0.4) is 0 Å². The van der Waals surface area contributed by atoms with Crippen LogP contribution >= 0.6 is 0 Å². The molecule has 32 heavy (non-hydrogen) atoms. The Labute approximate surface area is 183 Å². The molecule has 1 heterocycles. The Kier molecular flexibility index (Phi) is 5.71. The summed E-state index contributed by atoms with van der Waals surface area (Å²) >= 11 is 0. The fourth-order valence-electron chi connectivity index (χ4n) is 4.49. The second kappa shape index (κ2) is 8.33. The average molecular weight is 445 g/mol. The van der Waals surface area contributed by atoms with E-state index in [1.54, 1.807) is 6.07 Å². The molecule has 1 amide bonds. The van der Waals surface area contributed by atoms with Crippen molar-refractivity contribution in [3.63, 3.8) is 0 Å². The first-order valence-corrected chi connectivity index (χ1v) is 10.2. The Hall–Kier alpha value is -3.29. The number of carbonyl (C=O) groups is 2. The van der Waals surface area contributed by atoms with E-state index in [1.807, 2.05) is 12.1 Å². The number of rotatable bonds is 4. The predicted molar refractivity (Wildman–Crippen MR) is 110 cm³/mol. The minimum Gasteiger partial charge on any atom is -0.493 e. The molecule has 2 atom stereocenters. The largest absolute Gasteiger partial charge is 0.493 e. The molecule has 0 radical (unpaired) electrons. The smallest absolute Gasteiger partial charge is 0.416 e. The lowest BCUT2D eigenvalue weighted by atomic mass is 9.73. The number of hydrogen-bond acceptors (Lipinski definition) is 4. The molecular weight excluding hydrogens is 423 g/mol. The first-order chi connectivity index (χ1) is 15.2. The second-order valence-electron chi connectivity index (χ2n) is 7.96. The molecule has 0 fully saturated rings. The molecule has 2 aromatic rings. The SMILES string of the molecule is COc1ccc([C@@H]2CC(=O)C3=C(C2)NC(=O)C[C@H]3c2ccc(C(F)(F)F)cc2)cc1OC. The predicted octanol–water partition coefficient (Wildman–Crippen LogP) is 4.73. The molecule has 4 rings (SSSR count). The van der Waals surface area contributed by atoms with Crippen LogP contribution in [0.1, 0.15) is 47.8 Å². The molecule has 1 aliphatic heterocycles. The van der Waals surface area contributed by atoms with Crippen molar-refractivity contribution >= 4 is 11.7 Å². The zero-order valence-electron chi connectivity index (χ0n) is 17.6. The number of nitrogens with one attached hydrogen (secondary N) is 1. The van der Waals surface area contributed by atoms with Gasteiger partial charge in [-0.1, -0.05) is 18.2 Å². The number of ketones is 1. The number of Topliss-reactive ketones (excluding diaryl/α,β-unsaturated/α-hetero) is 1. The van der Waals surface area contributed by atoms with Gasteiger partial charge in [-0.25, -0.2) is 0 Å². The summed E-state index contributed by atoms with van der Waals surface area (Å²) in [6.07, 6.45) is -3.74. The Morgan fingerprint density at radius 1 is 0.875 bits per heavy atom. The highest BCUT2D eigenvalue weighted by Crippen LogP contribution is 2.44. The van der Waals surface area contributed by atoms with Crippen LogP contribution in [0.15, 0.2) is 53.7 Å². The van der Waals surface area contributed by atoms with E-state index in [-0.39, 0.29) is 30.4 Å². The van der Waals surface area contributed by atoms with Gasteiger partial charge in [0.05, 0.1) is 19.8 Å². The van der Waals surface area contributed by atoms with Gasteiger partial charge in [-0.2, -0.15) is 13.2 Å². The number of allylic oxidation sites excluding steroid dienone is 2. The minimum absolute atomic E-state index is 0.0248. The fourth-order valence-corrected chi connectivity index (χ4v) is 4.49. The Morgan fingerprint density at radius 3 is 2.16 bits per heavy atom. The maximum Gasteiger partial charge on any atom is 0.416 e. The number of carbonyl (C=O) groups excluding carboxylic acids is 2. The average Bonchev–Trinajstić information content (AvgIpc) is 2.77. The van der Waals surface area contributed by atoms with Gasteiger partial charge < -0.3 is 14.8 Å². The summed E-state index contributed by atoms with van der Waals surface area (Å²) in [7, 11) is 3.07.